The third kappa shape index (κ3) is 1.08. The predicted octanol–water partition coefficient (Wildman–Crippen LogP) is 0.0302. The molecular weight excluding hydrogens is 138 g/mol. The minimum Gasteiger partial charge on any atom is -0.299 e. The smallest absolute Gasteiger partial charge is 0.0360 e. The van der Waals surface area contributed by atoms with Crippen molar-refractivity contribution in [3.05, 3.63) is 0 Å². The fourth-order valence-corrected chi connectivity index (χ4v) is 2.48. The number of nitrogens with two attached hydrogens (primary N) is 1. The van der Waals surface area contributed by atoms with Gasteiger partial charge in [0.15, 0.2) is 0 Å². The van der Waals surface area contributed by atoms with E-state index in [1.807, 2.05) is 5.01 Å². The Morgan fingerprint density at radius 1 is 1.27 bits per heavy atom. The van der Waals surface area contributed by atoms with Gasteiger partial charge >= 0.3 is 0 Å². The SMILES string of the molecule is CN1CCCC12CCN(N)C2. The van der Waals surface area contributed by atoms with Crippen LogP contribution < -0.4 is 5.84 Å². The van der Waals surface area contributed by atoms with Gasteiger partial charge < -0.3 is 0 Å². The minimum atomic E-state index is 0.453. The number of likely N-dealkylation sites (tertiary alicyclic amines) is 1. The highest BCUT2D eigenvalue weighted by Crippen LogP contribution is 2.34. The molecule has 2 aliphatic rings. The van der Waals surface area contributed by atoms with Crippen LogP contribution in [0.5, 0.6) is 0 Å². The third-order valence-electron chi connectivity index (χ3n) is 3.31. The van der Waals surface area contributed by atoms with Gasteiger partial charge in [-0.3, -0.25) is 10.7 Å². The topological polar surface area (TPSA) is 32.5 Å². The number of hydrazine groups is 1. The Hall–Kier alpha value is -0.120. The predicted molar refractivity (Wildman–Crippen MR) is 45.0 cm³/mol. The van der Waals surface area contributed by atoms with E-state index >= 15 is 0 Å². The second kappa shape index (κ2) is 2.44. The molecule has 11 heavy (non-hydrogen) atoms. The molecule has 1 atom stereocenters. The summed E-state index contributed by atoms with van der Waals surface area (Å²) in [6.45, 7) is 3.40. The fraction of sp³-hybridized carbons (Fsp3) is 1.00. The summed E-state index contributed by atoms with van der Waals surface area (Å²) in [6.07, 6.45) is 3.96. The lowest BCUT2D eigenvalue weighted by molar-refractivity contribution is 0.174. The Morgan fingerprint density at radius 2 is 2.09 bits per heavy atom. The Labute approximate surface area is 68.1 Å². The molecule has 3 heteroatoms. The molecule has 64 valence electrons. The summed E-state index contributed by atoms with van der Waals surface area (Å²) < 4.78 is 0. The Balaban J connectivity index is 2.10. The van der Waals surface area contributed by atoms with Crippen molar-refractivity contribution in [1.82, 2.24) is 9.91 Å². The molecular formula is C8H17N3. The van der Waals surface area contributed by atoms with E-state index in [0.717, 1.165) is 13.1 Å². The summed E-state index contributed by atoms with van der Waals surface area (Å²) in [5, 5.41) is 1.96. The molecule has 0 aromatic rings. The molecule has 3 nitrogen and oxygen atoms in total. The quantitative estimate of drug-likeness (QED) is 0.501. The van der Waals surface area contributed by atoms with E-state index in [-0.39, 0.29) is 0 Å². The Bertz CT molecular complexity index is 159. The summed E-state index contributed by atoms with van der Waals surface area (Å²) in [5.74, 6) is 5.76. The summed E-state index contributed by atoms with van der Waals surface area (Å²) in [5.41, 5.74) is 0.453. The number of likely N-dealkylation sites (N-methyl/N-ethyl adjacent to an activating group) is 1. The summed E-state index contributed by atoms with van der Waals surface area (Å²) in [6, 6.07) is 0. The van der Waals surface area contributed by atoms with Gasteiger partial charge in [0.2, 0.25) is 0 Å². The van der Waals surface area contributed by atoms with Crippen LogP contribution in [-0.2, 0) is 0 Å². The largest absolute Gasteiger partial charge is 0.299 e. The lowest BCUT2D eigenvalue weighted by Crippen LogP contribution is -2.44. The van der Waals surface area contributed by atoms with Crippen molar-refractivity contribution in [1.29, 1.82) is 0 Å². The fourth-order valence-electron chi connectivity index (χ4n) is 2.48. The van der Waals surface area contributed by atoms with Crippen LogP contribution in [-0.4, -0.2) is 42.1 Å². The molecule has 0 radical (unpaired) electrons. The zero-order chi connectivity index (χ0) is 7.90. The first kappa shape index (κ1) is 7.53. The van der Waals surface area contributed by atoms with E-state index in [1.165, 1.54) is 25.8 Å². The number of hydrogen-bond acceptors (Lipinski definition) is 3. The molecule has 2 saturated heterocycles. The molecule has 2 N–H and O–H groups in total. The number of rotatable bonds is 0. The van der Waals surface area contributed by atoms with Crippen molar-refractivity contribution in [2.45, 2.75) is 24.8 Å². The first-order chi connectivity index (χ1) is 5.23. The second-order valence-corrected chi connectivity index (χ2v) is 3.97. The first-order valence-corrected chi connectivity index (χ1v) is 4.44. The van der Waals surface area contributed by atoms with E-state index < -0.39 is 0 Å². The maximum atomic E-state index is 5.76. The Morgan fingerprint density at radius 3 is 2.55 bits per heavy atom. The molecule has 0 aromatic carbocycles. The van der Waals surface area contributed by atoms with Gasteiger partial charge in [-0.15, -0.1) is 0 Å². The lowest BCUT2D eigenvalue weighted by atomic mass is 9.96. The highest BCUT2D eigenvalue weighted by Gasteiger charge is 2.43. The van der Waals surface area contributed by atoms with Crippen LogP contribution >= 0.6 is 0 Å². The monoisotopic (exact) mass is 155 g/mol. The van der Waals surface area contributed by atoms with Gasteiger partial charge in [-0.05, 0) is 32.9 Å². The summed E-state index contributed by atoms with van der Waals surface area (Å²) in [4.78, 5) is 2.49. The van der Waals surface area contributed by atoms with E-state index in [4.69, 9.17) is 5.84 Å². The first-order valence-electron chi connectivity index (χ1n) is 4.44. The zero-order valence-corrected chi connectivity index (χ0v) is 7.21. The zero-order valence-electron chi connectivity index (χ0n) is 7.21. The summed E-state index contributed by atoms with van der Waals surface area (Å²) >= 11 is 0. The van der Waals surface area contributed by atoms with Crippen molar-refractivity contribution in [2.75, 3.05) is 26.7 Å². The number of hydrogen-bond donors (Lipinski definition) is 1. The highest BCUT2D eigenvalue weighted by atomic mass is 15.4. The molecule has 0 amide bonds. The molecule has 0 aliphatic carbocycles. The molecule has 0 bridgehead atoms. The van der Waals surface area contributed by atoms with Gasteiger partial charge in [0.05, 0.1) is 0 Å². The molecule has 1 spiro atoms. The molecule has 0 saturated carbocycles. The third-order valence-corrected chi connectivity index (χ3v) is 3.31. The average molecular weight is 155 g/mol. The van der Waals surface area contributed by atoms with Crippen LogP contribution in [0, 0.1) is 0 Å². The van der Waals surface area contributed by atoms with Gasteiger partial charge in [-0.2, -0.15) is 0 Å². The maximum absolute atomic E-state index is 5.76. The molecule has 2 heterocycles. The number of nitrogens with zero attached hydrogens (tertiary/aromatic N) is 2. The van der Waals surface area contributed by atoms with Crippen LogP contribution in [0.15, 0.2) is 0 Å². The minimum absolute atomic E-state index is 0.453. The van der Waals surface area contributed by atoms with Gasteiger partial charge in [0.25, 0.3) is 0 Å². The van der Waals surface area contributed by atoms with Gasteiger partial charge in [-0.1, -0.05) is 0 Å². The maximum Gasteiger partial charge on any atom is 0.0360 e. The molecule has 0 aromatic heterocycles. The van der Waals surface area contributed by atoms with Crippen molar-refractivity contribution >= 4 is 0 Å². The van der Waals surface area contributed by atoms with Gasteiger partial charge in [-0.25, -0.2) is 5.01 Å². The molecule has 2 rings (SSSR count). The van der Waals surface area contributed by atoms with Crippen molar-refractivity contribution < 1.29 is 0 Å². The lowest BCUT2D eigenvalue weighted by Gasteiger charge is -2.31. The second-order valence-electron chi connectivity index (χ2n) is 3.97. The Kier molecular flexibility index (Phi) is 1.67. The van der Waals surface area contributed by atoms with E-state index in [9.17, 15) is 0 Å². The standard InChI is InChI=1S/C8H17N3/c1-10-5-2-3-8(10)4-6-11(9)7-8/h2-7,9H2,1H3. The normalized spacial score (nSPS) is 40.9. The highest BCUT2D eigenvalue weighted by molar-refractivity contribution is 5.00. The van der Waals surface area contributed by atoms with Crippen LogP contribution in [0.1, 0.15) is 19.3 Å². The van der Waals surface area contributed by atoms with E-state index in [2.05, 4.69) is 11.9 Å². The van der Waals surface area contributed by atoms with Crippen molar-refractivity contribution in [3.63, 3.8) is 0 Å². The van der Waals surface area contributed by atoms with E-state index in [0.29, 0.717) is 5.54 Å². The van der Waals surface area contributed by atoms with Crippen LogP contribution in [0.2, 0.25) is 0 Å². The van der Waals surface area contributed by atoms with Crippen molar-refractivity contribution in [3.8, 4) is 0 Å². The molecule has 2 fully saturated rings. The molecule has 1 unspecified atom stereocenters. The van der Waals surface area contributed by atoms with Crippen LogP contribution in [0.4, 0.5) is 0 Å². The van der Waals surface area contributed by atoms with Crippen LogP contribution in [0.3, 0.4) is 0 Å². The average Bonchev–Trinajstić information content (AvgIpc) is 2.46. The summed E-state index contributed by atoms with van der Waals surface area (Å²) in [7, 11) is 2.23. The van der Waals surface area contributed by atoms with Gasteiger partial charge in [0, 0.05) is 18.6 Å². The van der Waals surface area contributed by atoms with E-state index in [1.54, 1.807) is 0 Å². The molecule has 2 aliphatic heterocycles. The van der Waals surface area contributed by atoms with Crippen molar-refractivity contribution in [2.24, 2.45) is 5.84 Å². The van der Waals surface area contributed by atoms with Crippen LogP contribution in [0.25, 0.3) is 0 Å². The van der Waals surface area contributed by atoms with Gasteiger partial charge in [0.1, 0.15) is 0 Å².